The first-order valence-corrected chi connectivity index (χ1v) is 6.82. The lowest BCUT2D eigenvalue weighted by atomic mass is 10.1. The van der Waals surface area contributed by atoms with Crippen molar-refractivity contribution in [3.63, 3.8) is 0 Å². The number of likely N-dealkylation sites (tertiary alicyclic amines) is 1. The van der Waals surface area contributed by atoms with Gasteiger partial charge in [0, 0.05) is 23.5 Å². The molecule has 2 rings (SSSR count). The van der Waals surface area contributed by atoms with E-state index >= 15 is 0 Å². The van der Waals surface area contributed by atoms with Gasteiger partial charge in [0.2, 0.25) is 5.91 Å². The van der Waals surface area contributed by atoms with E-state index in [2.05, 4.69) is 20.8 Å². The van der Waals surface area contributed by atoms with E-state index in [1.54, 1.807) is 0 Å². The topological polar surface area (TPSA) is 55.6 Å². The number of rotatable bonds is 4. The molecule has 1 amide bonds. The monoisotopic (exact) mass is 312 g/mol. The maximum absolute atomic E-state index is 12.1. The Morgan fingerprint density at radius 1 is 1.44 bits per heavy atom. The van der Waals surface area contributed by atoms with Gasteiger partial charge in [0.1, 0.15) is 0 Å². The summed E-state index contributed by atoms with van der Waals surface area (Å²) in [6.45, 7) is 2.10. The second-order valence-corrected chi connectivity index (χ2v) is 5.55. The van der Waals surface area contributed by atoms with Crippen LogP contribution in [0.4, 0.5) is 0 Å². The van der Waals surface area contributed by atoms with Crippen LogP contribution in [0.1, 0.15) is 12.0 Å². The molecule has 0 saturated carbocycles. The first-order valence-electron chi connectivity index (χ1n) is 6.03. The van der Waals surface area contributed by atoms with Crippen LogP contribution in [0, 0.1) is 5.92 Å². The van der Waals surface area contributed by atoms with Crippen molar-refractivity contribution in [1.82, 2.24) is 4.90 Å². The molecule has 1 aromatic rings. The predicted octanol–water partition coefficient (Wildman–Crippen LogP) is 1.73. The lowest BCUT2D eigenvalue weighted by Crippen LogP contribution is -2.30. The molecule has 1 fully saturated rings. The van der Waals surface area contributed by atoms with Crippen molar-refractivity contribution in [2.24, 2.45) is 11.8 Å². The molecule has 0 bridgehead atoms. The normalized spacial score (nSPS) is 19.2. The van der Waals surface area contributed by atoms with E-state index in [4.69, 9.17) is 5.90 Å². The van der Waals surface area contributed by atoms with Crippen LogP contribution in [0.2, 0.25) is 0 Å². The number of hydrogen-bond donors (Lipinski definition) is 1. The van der Waals surface area contributed by atoms with Gasteiger partial charge < -0.3 is 9.74 Å². The number of nitrogens with two attached hydrogens (primary N) is 1. The van der Waals surface area contributed by atoms with E-state index in [1.165, 1.54) is 0 Å². The Labute approximate surface area is 115 Å². The molecule has 1 atom stereocenters. The zero-order chi connectivity index (χ0) is 13.0. The zero-order valence-electron chi connectivity index (χ0n) is 10.1. The minimum absolute atomic E-state index is 0.178. The highest BCUT2D eigenvalue weighted by Gasteiger charge is 2.26. The van der Waals surface area contributed by atoms with Crippen LogP contribution in [0.15, 0.2) is 28.7 Å². The highest BCUT2D eigenvalue weighted by molar-refractivity contribution is 9.10. The summed E-state index contributed by atoms with van der Waals surface area (Å²) >= 11 is 3.38. The van der Waals surface area contributed by atoms with Crippen LogP contribution in [-0.2, 0) is 16.1 Å². The highest BCUT2D eigenvalue weighted by Crippen LogP contribution is 2.18. The van der Waals surface area contributed by atoms with E-state index in [1.807, 2.05) is 29.2 Å². The Hall–Kier alpha value is -0.910. The summed E-state index contributed by atoms with van der Waals surface area (Å²) < 4.78 is 1.03. The fourth-order valence-electron chi connectivity index (χ4n) is 2.22. The van der Waals surface area contributed by atoms with E-state index in [0.29, 0.717) is 18.9 Å². The molecule has 0 spiro atoms. The fraction of sp³-hybridized carbons (Fsp3) is 0.462. The van der Waals surface area contributed by atoms with Crippen LogP contribution >= 0.6 is 15.9 Å². The molecule has 98 valence electrons. The van der Waals surface area contributed by atoms with Gasteiger partial charge in [0.25, 0.3) is 0 Å². The summed E-state index contributed by atoms with van der Waals surface area (Å²) in [5.41, 5.74) is 1.04. The van der Waals surface area contributed by atoms with Crippen molar-refractivity contribution in [3.8, 4) is 0 Å². The Morgan fingerprint density at radius 3 is 2.83 bits per heavy atom. The summed E-state index contributed by atoms with van der Waals surface area (Å²) in [5, 5.41) is 0. The summed E-state index contributed by atoms with van der Waals surface area (Å²) in [5.74, 6) is 5.62. The average Bonchev–Trinajstić information content (AvgIpc) is 2.81. The van der Waals surface area contributed by atoms with E-state index in [-0.39, 0.29) is 5.91 Å². The number of nitrogens with zero attached hydrogens (tertiary/aromatic N) is 1. The number of hydrogen-bond acceptors (Lipinski definition) is 3. The van der Waals surface area contributed by atoms with Crippen LogP contribution in [0.3, 0.4) is 0 Å². The lowest BCUT2D eigenvalue weighted by molar-refractivity contribution is -0.129. The third kappa shape index (κ3) is 3.54. The third-order valence-corrected chi connectivity index (χ3v) is 3.77. The minimum Gasteiger partial charge on any atom is -0.342 e. The van der Waals surface area contributed by atoms with E-state index in [9.17, 15) is 4.79 Å². The first-order chi connectivity index (χ1) is 8.69. The molecule has 18 heavy (non-hydrogen) atoms. The van der Waals surface area contributed by atoms with Gasteiger partial charge in [0.15, 0.2) is 0 Å². The molecule has 0 aliphatic carbocycles. The average molecular weight is 313 g/mol. The lowest BCUT2D eigenvalue weighted by Gasteiger charge is -2.16. The van der Waals surface area contributed by atoms with E-state index in [0.717, 1.165) is 29.5 Å². The van der Waals surface area contributed by atoms with Crippen molar-refractivity contribution in [2.45, 2.75) is 12.8 Å². The molecule has 1 aromatic carbocycles. The Kier molecular flexibility index (Phi) is 4.74. The van der Waals surface area contributed by atoms with Crippen molar-refractivity contribution in [3.05, 3.63) is 34.3 Å². The molecule has 4 nitrogen and oxygen atoms in total. The van der Waals surface area contributed by atoms with Crippen molar-refractivity contribution in [2.75, 3.05) is 19.7 Å². The number of carbonyl (C=O) groups is 1. The molecule has 0 radical (unpaired) electrons. The molecule has 0 aromatic heterocycles. The number of halogens is 1. The van der Waals surface area contributed by atoms with Crippen LogP contribution in [-0.4, -0.2) is 30.5 Å². The molecule has 1 heterocycles. The molecule has 2 N–H and O–H groups in total. The SMILES string of the molecule is NOCC1CCN(C(=O)Cc2ccc(Br)cc2)C1. The summed E-state index contributed by atoms with van der Waals surface area (Å²) in [7, 11) is 0. The predicted molar refractivity (Wildman–Crippen MR) is 72.7 cm³/mol. The third-order valence-electron chi connectivity index (χ3n) is 3.24. The maximum atomic E-state index is 12.1. The fourth-order valence-corrected chi connectivity index (χ4v) is 2.48. The minimum atomic E-state index is 0.178. The zero-order valence-corrected chi connectivity index (χ0v) is 11.7. The van der Waals surface area contributed by atoms with Crippen LogP contribution < -0.4 is 5.90 Å². The second-order valence-electron chi connectivity index (χ2n) is 4.63. The molecule has 5 heteroatoms. The highest BCUT2D eigenvalue weighted by atomic mass is 79.9. The summed E-state index contributed by atoms with van der Waals surface area (Å²) in [6.07, 6.45) is 1.44. The molecular formula is C13H17BrN2O2. The smallest absolute Gasteiger partial charge is 0.227 e. The first kappa shape index (κ1) is 13.5. The molecule has 1 aliphatic heterocycles. The van der Waals surface area contributed by atoms with Gasteiger partial charge in [-0.15, -0.1) is 0 Å². The van der Waals surface area contributed by atoms with Gasteiger partial charge in [-0.05, 0) is 24.1 Å². The van der Waals surface area contributed by atoms with Gasteiger partial charge in [-0.25, -0.2) is 5.90 Å². The Balaban J connectivity index is 1.87. The summed E-state index contributed by atoms with van der Waals surface area (Å²) in [4.78, 5) is 18.6. The van der Waals surface area contributed by atoms with Crippen molar-refractivity contribution >= 4 is 21.8 Å². The second kappa shape index (κ2) is 6.31. The standard InChI is InChI=1S/C13H17BrN2O2/c14-12-3-1-10(2-4-12)7-13(17)16-6-5-11(8-16)9-18-15/h1-4,11H,5-9,15H2. The number of carbonyl (C=O) groups excluding carboxylic acids is 1. The van der Waals surface area contributed by atoms with Crippen molar-refractivity contribution in [1.29, 1.82) is 0 Å². The van der Waals surface area contributed by atoms with Gasteiger partial charge >= 0.3 is 0 Å². The van der Waals surface area contributed by atoms with Gasteiger partial charge in [-0.2, -0.15) is 0 Å². The Bertz CT molecular complexity index is 408. The van der Waals surface area contributed by atoms with Gasteiger partial charge in [0.05, 0.1) is 13.0 Å². The molecule has 1 saturated heterocycles. The quantitative estimate of drug-likeness (QED) is 0.861. The number of benzene rings is 1. The van der Waals surface area contributed by atoms with Crippen LogP contribution in [0.5, 0.6) is 0 Å². The number of amides is 1. The summed E-state index contributed by atoms with van der Waals surface area (Å²) in [6, 6.07) is 7.85. The van der Waals surface area contributed by atoms with Crippen molar-refractivity contribution < 1.29 is 9.63 Å². The van der Waals surface area contributed by atoms with Gasteiger partial charge in [-0.1, -0.05) is 28.1 Å². The van der Waals surface area contributed by atoms with Gasteiger partial charge in [-0.3, -0.25) is 4.79 Å². The molecular weight excluding hydrogens is 296 g/mol. The Morgan fingerprint density at radius 2 is 2.17 bits per heavy atom. The van der Waals surface area contributed by atoms with E-state index < -0.39 is 0 Å². The maximum Gasteiger partial charge on any atom is 0.227 e. The molecule has 1 unspecified atom stereocenters. The van der Waals surface area contributed by atoms with Crippen LogP contribution in [0.25, 0.3) is 0 Å². The molecule has 1 aliphatic rings. The largest absolute Gasteiger partial charge is 0.342 e.